The first-order chi connectivity index (χ1) is 6.83. The molecule has 1 aromatic carbocycles. The molecule has 5 heteroatoms. The zero-order valence-corrected chi connectivity index (χ0v) is 8.29. The normalized spacial score (nSPS) is 10.4. The van der Waals surface area contributed by atoms with Crippen LogP contribution in [0, 0.1) is 4.77 Å². The van der Waals surface area contributed by atoms with Crippen molar-refractivity contribution in [2.45, 2.75) is 6.54 Å². The molecule has 4 nitrogen and oxygen atoms in total. The number of benzene rings is 1. The first-order valence-electron chi connectivity index (χ1n) is 4.24. The zero-order chi connectivity index (χ0) is 9.97. The third kappa shape index (κ3) is 1.47. The fraction of sp³-hybridized carbons (Fsp3) is 0.111. The Kier molecular flexibility index (Phi) is 2.43. The van der Waals surface area contributed by atoms with Gasteiger partial charge in [-0.3, -0.25) is 9.67 Å². The molecule has 0 fully saturated rings. The maximum absolute atomic E-state index is 5.55. The van der Waals surface area contributed by atoms with E-state index in [1.807, 2.05) is 34.9 Å². The van der Waals surface area contributed by atoms with Crippen LogP contribution < -0.4 is 5.73 Å². The van der Waals surface area contributed by atoms with Gasteiger partial charge in [-0.15, -0.1) is 0 Å². The highest BCUT2D eigenvalue weighted by Crippen LogP contribution is 2.09. The number of H-pyrrole nitrogens is 1. The SMILES string of the molecule is NCc1n[nH]c(=S)n1-c1ccccc1. The highest BCUT2D eigenvalue weighted by atomic mass is 32.1. The van der Waals surface area contributed by atoms with Crippen LogP contribution >= 0.6 is 12.2 Å². The van der Waals surface area contributed by atoms with Gasteiger partial charge in [0.1, 0.15) is 5.82 Å². The summed E-state index contributed by atoms with van der Waals surface area (Å²) in [6.07, 6.45) is 0. The van der Waals surface area contributed by atoms with Gasteiger partial charge in [0.15, 0.2) is 4.77 Å². The monoisotopic (exact) mass is 206 g/mol. The second kappa shape index (κ2) is 3.73. The van der Waals surface area contributed by atoms with Gasteiger partial charge in [-0.05, 0) is 24.4 Å². The minimum atomic E-state index is 0.363. The lowest BCUT2D eigenvalue weighted by atomic mass is 10.3. The molecule has 0 spiro atoms. The fourth-order valence-electron chi connectivity index (χ4n) is 1.31. The van der Waals surface area contributed by atoms with Crippen LogP contribution in [0.15, 0.2) is 30.3 Å². The molecule has 0 atom stereocenters. The predicted octanol–water partition coefficient (Wildman–Crippen LogP) is 1.39. The Morgan fingerprint density at radius 3 is 2.71 bits per heavy atom. The van der Waals surface area contributed by atoms with Crippen LogP contribution in [-0.2, 0) is 6.54 Å². The average Bonchev–Trinajstić information content (AvgIpc) is 2.61. The van der Waals surface area contributed by atoms with Gasteiger partial charge in [-0.2, -0.15) is 5.10 Å². The number of hydrogen-bond acceptors (Lipinski definition) is 3. The first kappa shape index (κ1) is 9.11. The Bertz CT molecular complexity index is 471. The molecule has 0 aliphatic carbocycles. The van der Waals surface area contributed by atoms with Crippen molar-refractivity contribution in [1.82, 2.24) is 14.8 Å². The first-order valence-corrected chi connectivity index (χ1v) is 4.65. The van der Waals surface area contributed by atoms with Gasteiger partial charge in [-0.25, -0.2) is 0 Å². The van der Waals surface area contributed by atoms with Crippen LogP contribution in [0.3, 0.4) is 0 Å². The summed E-state index contributed by atoms with van der Waals surface area (Å²) < 4.78 is 2.40. The van der Waals surface area contributed by atoms with Crippen LogP contribution in [0.4, 0.5) is 0 Å². The minimum Gasteiger partial charge on any atom is -0.324 e. The van der Waals surface area contributed by atoms with Gasteiger partial charge in [0.25, 0.3) is 0 Å². The maximum Gasteiger partial charge on any atom is 0.199 e. The van der Waals surface area contributed by atoms with E-state index in [9.17, 15) is 0 Å². The molecule has 14 heavy (non-hydrogen) atoms. The highest BCUT2D eigenvalue weighted by Gasteiger charge is 2.04. The summed E-state index contributed by atoms with van der Waals surface area (Å²) in [4.78, 5) is 0. The predicted molar refractivity (Wildman–Crippen MR) is 56.6 cm³/mol. The van der Waals surface area contributed by atoms with Crippen molar-refractivity contribution in [2.24, 2.45) is 5.73 Å². The number of aromatic nitrogens is 3. The summed E-state index contributed by atoms with van der Waals surface area (Å²) in [5, 5.41) is 6.75. The van der Waals surface area contributed by atoms with E-state index in [2.05, 4.69) is 10.2 Å². The summed E-state index contributed by atoms with van der Waals surface area (Å²) in [7, 11) is 0. The summed E-state index contributed by atoms with van der Waals surface area (Å²) in [6.45, 7) is 0.363. The molecule has 0 saturated heterocycles. The van der Waals surface area contributed by atoms with E-state index in [1.54, 1.807) is 0 Å². The van der Waals surface area contributed by atoms with Gasteiger partial charge in [0.05, 0.1) is 6.54 Å². The van der Waals surface area contributed by atoms with Crippen molar-refractivity contribution in [1.29, 1.82) is 0 Å². The topological polar surface area (TPSA) is 59.6 Å². The fourth-order valence-corrected chi connectivity index (χ4v) is 1.57. The lowest BCUT2D eigenvalue weighted by Crippen LogP contribution is -2.06. The van der Waals surface area contributed by atoms with E-state index in [4.69, 9.17) is 18.0 Å². The summed E-state index contributed by atoms with van der Waals surface area (Å²) in [5.41, 5.74) is 6.53. The van der Waals surface area contributed by atoms with Crippen molar-refractivity contribution in [3.05, 3.63) is 40.9 Å². The van der Waals surface area contributed by atoms with Crippen molar-refractivity contribution < 1.29 is 0 Å². The Hall–Kier alpha value is -1.46. The number of hydrogen-bond donors (Lipinski definition) is 2. The number of nitrogens with one attached hydrogen (secondary N) is 1. The Morgan fingerprint density at radius 2 is 2.07 bits per heavy atom. The van der Waals surface area contributed by atoms with Crippen LogP contribution in [0.25, 0.3) is 5.69 Å². The van der Waals surface area contributed by atoms with E-state index in [0.29, 0.717) is 11.3 Å². The molecule has 0 unspecified atom stereocenters. The lowest BCUT2D eigenvalue weighted by molar-refractivity contribution is 0.857. The molecule has 1 heterocycles. The molecule has 3 N–H and O–H groups in total. The van der Waals surface area contributed by atoms with Gasteiger partial charge in [0.2, 0.25) is 0 Å². The van der Waals surface area contributed by atoms with Gasteiger partial charge < -0.3 is 5.73 Å². The van der Waals surface area contributed by atoms with Crippen LogP contribution in [0.1, 0.15) is 5.82 Å². The average molecular weight is 206 g/mol. The lowest BCUT2D eigenvalue weighted by Gasteiger charge is -2.03. The van der Waals surface area contributed by atoms with Crippen molar-refractivity contribution in [3.63, 3.8) is 0 Å². The molecular weight excluding hydrogens is 196 g/mol. The second-order valence-corrected chi connectivity index (χ2v) is 3.21. The number of para-hydroxylation sites is 1. The molecule has 0 saturated carbocycles. The Labute approximate surface area is 86.4 Å². The van der Waals surface area contributed by atoms with E-state index in [1.165, 1.54) is 0 Å². The van der Waals surface area contributed by atoms with Gasteiger partial charge in [-0.1, -0.05) is 18.2 Å². The summed E-state index contributed by atoms with van der Waals surface area (Å²) >= 11 is 5.11. The van der Waals surface area contributed by atoms with E-state index in [-0.39, 0.29) is 0 Å². The second-order valence-electron chi connectivity index (χ2n) is 2.82. The van der Waals surface area contributed by atoms with Crippen LogP contribution in [0.5, 0.6) is 0 Å². The Morgan fingerprint density at radius 1 is 1.36 bits per heavy atom. The van der Waals surface area contributed by atoms with Gasteiger partial charge >= 0.3 is 0 Å². The third-order valence-corrected chi connectivity index (χ3v) is 2.21. The minimum absolute atomic E-state index is 0.363. The molecule has 0 bridgehead atoms. The molecule has 1 aromatic heterocycles. The van der Waals surface area contributed by atoms with E-state index < -0.39 is 0 Å². The third-order valence-electron chi connectivity index (χ3n) is 1.94. The molecule has 0 amide bonds. The molecule has 2 rings (SSSR count). The zero-order valence-electron chi connectivity index (χ0n) is 7.47. The number of nitrogens with two attached hydrogens (primary N) is 1. The van der Waals surface area contributed by atoms with Crippen molar-refractivity contribution in [3.8, 4) is 5.69 Å². The summed E-state index contributed by atoms with van der Waals surface area (Å²) in [5.74, 6) is 0.737. The molecule has 2 aromatic rings. The highest BCUT2D eigenvalue weighted by molar-refractivity contribution is 7.71. The maximum atomic E-state index is 5.55. The smallest absolute Gasteiger partial charge is 0.199 e. The van der Waals surface area contributed by atoms with Crippen LogP contribution in [0.2, 0.25) is 0 Å². The molecule has 0 radical (unpaired) electrons. The van der Waals surface area contributed by atoms with Gasteiger partial charge in [0, 0.05) is 5.69 Å². The standard InChI is InChI=1S/C9H10N4S/c10-6-8-11-12-9(14)13(8)7-4-2-1-3-5-7/h1-5H,6,10H2,(H,12,14). The number of aromatic amines is 1. The van der Waals surface area contributed by atoms with Crippen molar-refractivity contribution >= 4 is 12.2 Å². The van der Waals surface area contributed by atoms with E-state index in [0.717, 1.165) is 11.5 Å². The molecule has 72 valence electrons. The van der Waals surface area contributed by atoms with Crippen molar-refractivity contribution in [2.75, 3.05) is 0 Å². The molecular formula is C9H10N4S. The number of rotatable bonds is 2. The largest absolute Gasteiger partial charge is 0.324 e. The van der Waals surface area contributed by atoms with E-state index >= 15 is 0 Å². The molecule has 0 aliphatic heterocycles. The quantitative estimate of drug-likeness (QED) is 0.730. The molecule has 0 aliphatic rings. The Balaban J connectivity index is 2.61. The summed E-state index contributed by atoms with van der Waals surface area (Å²) in [6, 6.07) is 9.78. The number of nitrogens with zero attached hydrogens (tertiary/aromatic N) is 2. The van der Waals surface area contributed by atoms with Crippen LogP contribution in [-0.4, -0.2) is 14.8 Å².